The lowest BCUT2D eigenvalue weighted by Gasteiger charge is -2.16. The largest absolute Gasteiger partial charge is 0.316 e. The molecule has 1 unspecified atom stereocenters. The van der Waals surface area contributed by atoms with Crippen molar-refractivity contribution in [3.8, 4) is 0 Å². The standard InChI is InChI=1S/C15H20BrN3/c1-11-7-15(19(3)18-11)10-14(17-2)9-12-5-4-6-13(16)8-12/h4-8,14,17H,9-10H2,1-3H3. The van der Waals surface area contributed by atoms with Crippen LogP contribution in [0.2, 0.25) is 0 Å². The molecule has 0 fully saturated rings. The van der Waals surface area contributed by atoms with Crippen LogP contribution in [0.5, 0.6) is 0 Å². The summed E-state index contributed by atoms with van der Waals surface area (Å²) in [7, 11) is 4.03. The summed E-state index contributed by atoms with van der Waals surface area (Å²) in [6.45, 7) is 2.03. The van der Waals surface area contributed by atoms with Crippen molar-refractivity contribution >= 4 is 15.9 Å². The van der Waals surface area contributed by atoms with Crippen LogP contribution in [-0.2, 0) is 19.9 Å². The second-order valence-corrected chi connectivity index (χ2v) is 5.84. The summed E-state index contributed by atoms with van der Waals surface area (Å²) in [5.41, 5.74) is 3.69. The lowest BCUT2D eigenvalue weighted by molar-refractivity contribution is 0.533. The van der Waals surface area contributed by atoms with E-state index in [4.69, 9.17) is 0 Å². The van der Waals surface area contributed by atoms with E-state index < -0.39 is 0 Å². The molecule has 0 aliphatic rings. The Bertz CT molecular complexity index is 548. The number of aromatic nitrogens is 2. The van der Waals surface area contributed by atoms with Gasteiger partial charge in [0, 0.05) is 29.7 Å². The maximum absolute atomic E-state index is 4.40. The molecule has 0 aliphatic heterocycles. The van der Waals surface area contributed by atoms with Crippen LogP contribution in [0.3, 0.4) is 0 Å². The highest BCUT2D eigenvalue weighted by Crippen LogP contribution is 2.15. The average molecular weight is 322 g/mol. The van der Waals surface area contributed by atoms with E-state index in [9.17, 15) is 0 Å². The molecule has 1 heterocycles. The van der Waals surface area contributed by atoms with Gasteiger partial charge in [0.2, 0.25) is 0 Å². The third-order valence-electron chi connectivity index (χ3n) is 3.33. The Balaban J connectivity index is 2.06. The number of hydrogen-bond acceptors (Lipinski definition) is 2. The Labute approximate surface area is 123 Å². The molecule has 0 bridgehead atoms. The summed E-state index contributed by atoms with van der Waals surface area (Å²) in [6, 6.07) is 11.1. The van der Waals surface area contributed by atoms with Gasteiger partial charge in [0.25, 0.3) is 0 Å². The number of aryl methyl sites for hydroxylation is 2. The highest BCUT2D eigenvalue weighted by atomic mass is 79.9. The number of nitrogens with zero attached hydrogens (tertiary/aromatic N) is 2. The molecule has 102 valence electrons. The van der Waals surface area contributed by atoms with Crippen LogP contribution in [0.25, 0.3) is 0 Å². The predicted molar refractivity (Wildman–Crippen MR) is 82.3 cm³/mol. The zero-order valence-electron chi connectivity index (χ0n) is 11.7. The summed E-state index contributed by atoms with van der Waals surface area (Å²) < 4.78 is 3.11. The van der Waals surface area contributed by atoms with Gasteiger partial charge >= 0.3 is 0 Å². The lowest BCUT2D eigenvalue weighted by atomic mass is 10.0. The van der Waals surface area contributed by atoms with Crippen LogP contribution in [0, 0.1) is 6.92 Å². The fourth-order valence-electron chi connectivity index (χ4n) is 2.33. The Kier molecular flexibility index (Phi) is 4.77. The molecular formula is C15H20BrN3. The van der Waals surface area contributed by atoms with Gasteiger partial charge in [-0.2, -0.15) is 5.10 Å². The molecule has 2 aromatic rings. The maximum atomic E-state index is 4.40. The number of hydrogen-bond donors (Lipinski definition) is 1. The zero-order chi connectivity index (χ0) is 13.8. The van der Waals surface area contributed by atoms with Gasteiger partial charge in [0.15, 0.2) is 0 Å². The Hall–Kier alpha value is -1.13. The van der Waals surface area contributed by atoms with Crippen LogP contribution < -0.4 is 5.32 Å². The topological polar surface area (TPSA) is 29.9 Å². The summed E-state index contributed by atoms with van der Waals surface area (Å²) in [4.78, 5) is 0. The number of nitrogens with one attached hydrogen (secondary N) is 1. The Morgan fingerprint density at radius 1 is 1.32 bits per heavy atom. The van der Waals surface area contributed by atoms with Gasteiger partial charge in [-0.3, -0.25) is 4.68 Å². The summed E-state index contributed by atoms with van der Waals surface area (Å²) >= 11 is 3.52. The average Bonchev–Trinajstić information content (AvgIpc) is 2.67. The molecule has 0 saturated carbocycles. The van der Waals surface area contributed by atoms with E-state index in [1.165, 1.54) is 11.3 Å². The molecule has 1 aromatic heterocycles. The maximum Gasteiger partial charge on any atom is 0.0596 e. The van der Waals surface area contributed by atoms with Crippen molar-refractivity contribution in [1.82, 2.24) is 15.1 Å². The van der Waals surface area contributed by atoms with E-state index in [0.717, 1.165) is 23.0 Å². The van der Waals surface area contributed by atoms with Crippen LogP contribution in [0.4, 0.5) is 0 Å². The van der Waals surface area contributed by atoms with Crippen molar-refractivity contribution in [2.24, 2.45) is 7.05 Å². The molecule has 3 nitrogen and oxygen atoms in total. The fraction of sp³-hybridized carbons (Fsp3) is 0.400. The summed E-state index contributed by atoms with van der Waals surface area (Å²) in [6.07, 6.45) is 2.00. The molecule has 2 rings (SSSR count). The first-order valence-electron chi connectivity index (χ1n) is 6.49. The molecule has 0 radical (unpaired) electrons. The fourth-order valence-corrected chi connectivity index (χ4v) is 2.78. The van der Waals surface area contributed by atoms with Gasteiger partial charge in [-0.15, -0.1) is 0 Å². The highest BCUT2D eigenvalue weighted by Gasteiger charge is 2.11. The molecular weight excluding hydrogens is 302 g/mol. The molecule has 0 saturated heterocycles. The first-order chi connectivity index (χ1) is 9.08. The minimum absolute atomic E-state index is 0.420. The number of likely N-dealkylation sites (N-methyl/N-ethyl adjacent to an activating group) is 1. The summed E-state index contributed by atoms with van der Waals surface area (Å²) in [5, 5.41) is 7.80. The molecule has 0 aliphatic carbocycles. The molecule has 0 amide bonds. The van der Waals surface area contributed by atoms with Crippen molar-refractivity contribution < 1.29 is 0 Å². The third-order valence-corrected chi connectivity index (χ3v) is 3.83. The minimum Gasteiger partial charge on any atom is -0.316 e. The van der Waals surface area contributed by atoms with E-state index in [1.54, 1.807) is 0 Å². The normalized spacial score (nSPS) is 12.6. The first-order valence-corrected chi connectivity index (χ1v) is 7.29. The van der Waals surface area contributed by atoms with Crippen molar-refractivity contribution in [3.63, 3.8) is 0 Å². The van der Waals surface area contributed by atoms with Crippen LogP contribution in [-0.4, -0.2) is 22.9 Å². The van der Waals surface area contributed by atoms with Crippen LogP contribution in [0.1, 0.15) is 17.0 Å². The lowest BCUT2D eigenvalue weighted by Crippen LogP contribution is -2.30. The SMILES string of the molecule is CNC(Cc1cccc(Br)c1)Cc1cc(C)nn1C. The van der Waals surface area contributed by atoms with Gasteiger partial charge in [-0.05, 0) is 44.2 Å². The van der Waals surface area contributed by atoms with Gasteiger partial charge in [-0.1, -0.05) is 28.1 Å². The van der Waals surface area contributed by atoms with E-state index in [0.29, 0.717) is 6.04 Å². The number of rotatable bonds is 5. The van der Waals surface area contributed by atoms with Crippen molar-refractivity contribution in [2.45, 2.75) is 25.8 Å². The van der Waals surface area contributed by atoms with Crippen molar-refractivity contribution in [1.29, 1.82) is 0 Å². The molecule has 19 heavy (non-hydrogen) atoms. The van der Waals surface area contributed by atoms with Gasteiger partial charge < -0.3 is 5.32 Å². The molecule has 4 heteroatoms. The first kappa shape index (κ1) is 14.3. The minimum atomic E-state index is 0.420. The van der Waals surface area contributed by atoms with Crippen LogP contribution >= 0.6 is 15.9 Å². The van der Waals surface area contributed by atoms with Gasteiger partial charge in [0.1, 0.15) is 0 Å². The molecule has 1 N–H and O–H groups in total. The molecule has 1 atom stereocenters. The third kappa shape index (κ3) is 3.91. The zero-order valence-corrected chi connectivity index (χ0v) is 13.2. The molecule has 0 spiro atoms. The van der Waals surface area contributed by atoms with E-state index >= 15 is 0 Å². The Morgan fingerprint density at radius 2 is 2.11 bits per heavy atom. The van der Waals surface area contributed by atoms with E-state index in [-0.39, 0.29) is 0 Å². The quantitative estimate of drug-likeness (QED) is 0.917. The van der Waals surface area contributed by atoms with E-state index in [1.807, 2.05) is 25.7 Å². The Morgan fingerprint density at radius 3 is 2.68 bits per heavy atom. The second kappa shape index (κ2) is 6.35. The second-order valence-electron chi connectivity index (χ2n) is 4.92. The van der Waals surface area contributed by atoms with Crippen molar-refractivity contribution in [2.75, 3.05) is 7.05 Å². The van der Waals surface area contributed by atoms with Crippen molar-refractivity contribution in [3.05, 3.63) is 51.8 Å². The predicted octanol–water partition coefficient (Wildman–Crippen LogP) is 2.86. The van der Waals surface area contributed by atoms with E-state index in [2.05, 4.69) is 56.7 Å². The molecule has 1 aromatic carbocycles. The number of halogens is 1. The highest BCUT2D eigenvalue weighted by molar-refractivity contribution is 9.10. The van der Waals surface area contributed by atoms with Gasteiger partial charge in [0.05, 0.1) is 5.69 Å². The monoisotopic (exact) mass is 321 g/mol. The summed E-state index contributed by atoms with van der Waals surface area (Å²) in [5.74, 6) is 0. The van der Waals surface area contributed by atoms with Crippen LogP contribution in [0.15, 0.2) is 34.8 Å². The van der Waals surface area contributed by atoms with Gasteiger partial charge in [-0.25, -0.2) is 0 Å². The number of benzene rings is 1. The smallest absolute Gasteiger partial charge is 0.0596 e.